The lowest BCUT2D eigenvalue weighted by atomic mass is 10.2. The summed E-state index contributed by atoms with van der Waals surface area (Å²) >= 11 is 1.08. The Morgan fingerprint density at radius 2 is 1.56 bits per heavy atom. The van der Waals surface area contributed by atoms with Gasteiger partial charge >= 0.3 is 0 Å². The molecule has 0 aliphatic carbocycles. The number of amides is 1. The van der Waals surface area contributed by atoms with Gasteiger partial charge in [-0.1, -0.05) is 12.1 Å². The number of thiophene rings is 1. The number of hydrogen-bond donors (Lipinski definition) is 0. The van der Waals surface area contributed by atoms with Gasteiger partial charge in [-0.2, -0.15) is 13.9 Å². The van der Waals surface area contributed by atoms with Gasteiger partial charge in [0.15, 0.2) is 0 Å². The summed E-state index contributed by atoms with van der Waals surface area (Å²) in [7, 11) is -7.45. The molecule has 0 radical (unpaired) electrons. The number of carbonyl (C=O) groups excluding carboxylic acids is 1. The average molecular weight is 525 g/mol. The number of nitrogens with zero attached hydrogens (tertiary/aromatic N) is 4. The monoisotopic (exact) mass is 524 g/mol. The minimum atomic E-state index is -3.84. The lowest BCUT2D eigenvalue weighted by Crippen LogP contribution is -2.50. The number of piperazine rings is 1. The second kappa shape index (κ2) is 10.1. The molecule has 4 rings (SSSR count). The summed E-state index contributed by atoms with van der Waals surface area (Å²) in [5.41, 5.74) is 0.0848. The van der Waals surface area contributed by atoms with Gasteiger partial charge in [-0.15, -0.1) is 11.3 Å². The molecule has 1 aromatic carbocycles. The molecule has 2 fully saturated rings. The van der Waals surface area contributed by atoms with Crippen LogP contribution in [0.1, 0.15) is 10.4 Å². The maximum atomic E-state index is 13.0. The Labute approximate surface area is 203 Å². The van der Waals surface area contributed by atoms with Crippen molar-refractivity contribution >= 4 is 37.3 Å². The molecule has 3 heterocycles. The van der Waals surface area contributed by atoms with Gasteiger partial charge in [0.05, 0.1) is 30.1 Å². The Bertz CT molecular complexity index is 1300. The molecule has 0 N–H and O–H groups in total. The molecule has 13 heteroatoms. The molecule has 0 spiro atoms. The highest BCUT2D eigenvalue weighted by atomic mass is 32.2. The lowest BCUT2D eigenvalue weighted by molar-refractivity contribution is -0.131. The minimum Gasteiger partial charge on any atom is -0.379 e. The van der Waals surface area contributed by atoms with Crippen LogP contribution in [0.4, 0.5) is 0 Å². The number of benzene rings is 1. The van der Waals surface area contributed by atoms with Crippen molar-refractivity contribution in [2.75, 3.05) is 52.5 Å². The summed E-state index contributed by atoms with van der Waals surface area (Å²) in [5, 5.41) is 9.23. The molecular formula is C21H24N4O6S3. The van der Waals surface area contributed by atoms with Crippen LogP contribution in [0, 0.1) is 11.3 Å². The fourth-order valence-electron chi connectivity index (χ4n) is 3.87. The fraction of sp³-hybridized carbons (Fsp3) is 0.429. The number of hydrogen-bond acceptors (Lipinski definition) is 8. The van der Waals surface area contributed by atoms with E-state index in [1.165, 1.54) is 26.8 Å². The van der Waals surface area contributed by atoms with E-state index in [1.54, 1.807) is 23.1 Å². The Morgan fingerprint density at radius 3 is 2.24 bits per heavy atom. The molecule has 34 heavy (non-hydrogen) atoms. The summed E-state index contributed by atoms with van der Waals surface area (Å²) in [5.74, 6) is -0.188. The van der Waals surface area contributed by atoms with Crippen LogP contribution in [0.25, 0.3) is 0 Å². The molecular weight excluding hydrogens is 500 g/mol. The van der Waals surface area contributed by atoms with Crippen molar-refractivity contribution in [3.8, 4) is 6.07 Å². The van der Waals surface area contributed by atoms with Crippen LogP contribution in [-0.2, 0) is 36.0 Å². The quantitative estimate of drug-likeness (QED) is 0.545. The Kier molecular flexibility index (Phi) is 7.36. The number of ether oxygens (including phenoxy) is 1. The van der Waals surface area contributed by atoms with Gasteiger partial charge < -0.3 is 9.64 Å². The topological polar surface area (TPSA) is 128 Å². The second-order valence-corrected chi connectivity index (χ2v) is 13.0. The van der Waals surface area contributed by atoms with E-state index in [4.69, 9.17) is 4.74 Å². The van der Waals surface area contributed by atoms with Gasteiger partial charge in [0.1, 0.15) is 10.3 Å². The summed E-state index contributed by atoms with van der Waals surface area (Å²) in [6, 6.07) is 11.1. The van der Waals surface area contributed by atoms with Gasteiger partial charge in [-0.05, 0) is 24.3 Å². The highest BCUT2D eigenvalue weighted by molar-refractivity contribution is 7.91. The standard InChI is InChI=1S/C21H24N4O6S3/c22-16-17-3-1-2-4-19(17)33(27,28)24-9-7-23(8-10-24)20(26)15-18-5-6-21(32-18)34(29,30)25-11-13-31-14-12-25/h1-6H,7-15H2. The zero-order valence-corrected chi connectivity index (χ0v) is 20.7. The largest absolute Gasteiger partial charge is 0.379 e. The molecule has 2 aromatic rings. The van der Waals surface area contributed by atoms with E-state index in [9.17, 15) is 26.9 Å². The third-order valence-electron chi connectivity index (χ3n) is 5.74. The Hall–Kier alpha value is -2.34. The van der Waals surface area contributed by atoms with Crippen LogP contribution in [0.3, 0.4) is 0 Å². The molecule has 2 saturated heterocycles. The van der Waals surface area contributed by atoms with Crippen molar-refractivity contribution in [3.63, 3.8) is 0 Å². The molecule has 182 valence electrons. The van der Waals surface area contributed by atoms with E-state index in [0.29, 0.717) is 31.2 Å². The molecule has 10 nitrogen and oxygen atoms in total. The second-order valence-electron chi connectivity index (χ2n) is 7.81. The third kappa shape index (κ3) is 5.02. The van der Waals surface area contributed by atoms with Gasteiger partial charge in [0, 0.05) is 44.1 Å². The van der Waals surface area contributed by atoms with Crippen molar-refractivity contribution in [1.29, 1.82) is 5.26 Å². The molecule has 2 aliphatic rings. The SMILES string of the molecule is N#Cc1ccccc1S(=O)(=O)N1CCN(C(=O)Cc2ccc(S(=O)(=O)N3CCOCC3)s2)CC1. The first-order valence-corrected chi connectivity index (χ1v) is 14.4. The van der Waals surface area contributed by atoms with Crippen molar-refractivity contribution < 1.29 is 26.4 Å². The van der Waals surface area contributed by atoms with Crippen molar-refractivity contribution in [2.45, 2.75) is 15.5 Å². The van der Waals surface area contributed by atoms with E-state index >= 15 is 0 Å². The van der Waals surface area contributed by atoms with E-state index in [0.717, 1.165) is 11.3 Å². The zero-order chi connectivity index (χ0) is 24.3. The maximum Gasteiger partial charge on any atom is 0.252 e. The van der Waals surface area contributed by atoms with Crippen LogP contribution in [0.2, 0.25) is 0 Å². The van der Waals surface area contributed by atoms with E-state index in [1.807, 2.05) is 6.07 Å². The molecule has 0 unspecified atom stereocenters. The Morgan fingerprint density at radius 1 is 0.912 bits per heavy atom. The van der Waals surface area contributed by atoms with Gasteiger partial charge in [-0.3, -0.25) is 4.79 Å². The van der Waals surface area contributed by atoms with Gasteiger partial charge in [0.2, 0.25) is 15.9 Å². The first kappa shape index (κ1) is 24.8. The Balaban J connectivity index is 1.37. The van der Waals surface area contributed by atoms with Crippen molar-refractivity contribution in [2.24, 2.45) is 0 Å². The van der Waals surface area contributed by atoms with Gasteiger partial charge in [0.25, 0.3) is 10.0 Å². The number of morpholine rings is 1. The van der Waals surface area contributed by atoms with Crippen LogP contribution in [-0.4, -0.2) is 88.7 Å². The number of rotatable bonds is 6. The predicted octanol–water partition coefficient (Wildman–Crippen LogP) is 0.716. The molecule has 0 bridgehead atoms. The summed E-state index contributed by atoms with van der Waals surface area (Å²) in [6.45, 7) is 2.01. The molecule has 1 aromatic heterocycles. The normalized spacial score (nSPS) is 18.5. The maximum absolute atomic E-state index is 13.0. The first-order chi connectivity index (χ1) is 16.2. The molecule has 2 aliphatic heterocycles. The number of carbonyl (C=O) groups is 1. The summed E-state index contributed by atoms with van der Waals surface area (Å²) in [4.78, 5) is 15.0. The molecule has 0 atom stereocenters. The van der Waals surface area contributed by atoms with Crippen LogP contribution in [0.5, 0.6) is 0 Å². The number of nitriles is 1. The zero-order valence-electron chi connectivity index (χ0n) is 18.3. The predicted molar refractivity (Wildman–Crippen MR) is 124 cm³/mol. The third-order valence-corrected chi connectivity index (χ3v) is 11.2. The highest BCUT2D eigenvalue weighted by Gasteiger charge is 2.32. The minimum absolute atomic E-state index is 0.0372. The van der Waals surface area contributed by atoms with Crippen LogP contribution < -0.4 is 0 Å². The van der Waals surface area contributed by atoms with Crippen molar-refractivity contribution in [1.82, 2.24) is 13.5 Å². The lowest BCUT2D eigenvalue weighted by Gasteiger charge is -2.34. The number of sulfonamides is 2. The molecule has 0 saturated carbocycles. The van der Waals surface area contributed by atoms with Gasteiger partial charge in [-0.25, -0.2) is 16.8 Å². The van der Waals surface area contributed by atoms with Crippen molar-refractivity contribution in [3.05, 3.63) is 46.8 Å². The smallest absolute Gasteiger partial charge is 0.252 e. The summed E-state index contributed by atoms with van der Waals surface area (Å²) < 4.78 is 59.6. The fourth-order valence-corrected chi connectivity index (χ4v) is 8.34. The molecule has 1 amide bonds. The van der Waals surface area contributed by atoms with E-state index < -0.39 is 20.0 Å². The van der Waals surface area contributed by atoms with E-state index in [-0.39, 0.29) is 53.2 Å². The van der Waals surface area contributed by atoms with E-state index in [2.05, 4.69) is 0 Å². The first-order valence-electron chi connectivity index (χ1n) is 10.7. The highest BCUT2D eigenvalue weighted by Crippen LogP contribution is 2.27. The van der Waals surface area contributed by atoms with Crippen LogP contribution in [0.15, 0.2) is 45.5 Å². The summed E-state index contributed by atoms with van der Waals surface area (Å²) in [6.07, 6.45) is 0.0489. The average Bonchev–Trinajstić information content (AvgIpc) is 3.34. The van der Waals surface area contributed by atoms with Crippen LogP contribution >= 0.6 is 11.3 Å².